The standard InChI is InChI=1S/C18H25N3OS/c1-5-14(15-11-13(9-10-19-15)18(2,3)4)20-16-7-6-8-17(21-16)23-12-22/h6-11,14,22H,5,12H2,1-4H3,(H,20,21). The summed E-state index contributed by atoms with van der Waals surface area (Å²) in [4.78, 5) is 9.05. The molecule has 1 unspecified atom stereocenters. The summed E-state index contributed by atoms with van der Waals surface area (Å²) in [5.74, 6) is 0.835. The van der Waals surface area contributed by atoms with Crippen LogP contribution in [-0.2, 0) is 5.41 Å². The van der Waals surface area contributed by atoms with Gasteiger partial charge in [-0.25, -0.2) is 4.98 Å². The van der Waals surface area contributed by atoms with Crippen LogP contribution in [0.25, 0.3) is 0 Å². The van der Waals surface area contributed by atoms with Gasteiger partial charge in [0.15, 0.2) is 0 Å². The molecule has 0 amide bonds. The number of pyridine rings is 2. The highest BCUT2D eigenvalue weighted by Crippen LogP contribution is 2.27. The first-order valence-electron chi connectivity index (χ1n) is 7.87. The minimum absolute atomic E-state index is 0.0306. The van der Waals surface area contributed by atoms with Crippen molar-refractivity contribution in [3.05, 3.63) is 47.8 Å². The Morgan fingerprint density at radius 1 is 1.26 bits per heavy atom. The number of nitrogens with one attached hydrogen (secondary N) is 1. The van der Waals surface area contributed by atoms with Crippen molar-refractivity contribution in [2.75, 3.05) is 11.3 Å². The zero-order chi connectivity index (χ0) is 16.9. The summed E-state index contributed by atoms with van der Waals surface area (Å²) < 4.78 is 0. The summed E-state index contributed by atoms with van der Waals surface area (Å²) in [5.41, 5.74) is 2.41. The highest BCUT2D eigenvalue weighted by Gasteiger charge is 2.17. The molecule has 0 fully saturated rings. The summed E-state index contributed by atoms with van der Waals surface area (Å²) in [6, 6.07) is 10.1. The molecule has 2 aromatic heterocycles. The number of hydrogen-bond acceptors (Lipinski definition) is 5. The first-order chi connectivity index (χ1) is 10.9. The van der Waals surface area contributed by atoms with Crippen molar-refractivity contribution in [1.29, 1.82) is 0 Å². The normalized spacial score (nSPS) is 12.9. The Balaban J connectivity index is 2.22. The van der Waals surface area contributed by atoms with Crippen LogP contribution in [0, 0.1) is 0 Å². The first kappa shape index (κ1) is 17.8. The molecular formula is C18H25N3OS. The van der Waals surface area contributed by atoms with E-state index in [1.165, 1.54) is 17.3 Å². The largest absolute Gasteiger partial charge is 0.385 e. The summed E-state index contributed by atoms with van der Waals surface area (Å²) in [5, 5.41) is 13.3. The molecular weight excluding hydrogens is 306 g/mol. The van der Waals surface area contributed by atoms with E-state index in [1.54, 1.807) is 0 Å². The third kappa shape index (κ3) is 4.94. The van der Waals surface area contributed by atoms with E-state index < -0.39 is 0 Å². The van der Waals surface area contributed by atoms with Crippen molar-refractivity contribution in [1.82, 2.24) is 9.97 Å². The summed E-state index contributed by atoms with van der Waals surface area (Å²) >= 11 is 1.31. The molecule has 0 bridgehead atoms. The molecule has 23 heavy (non-hydrogen) atoms. The van der Waals surface area contributed by atoms with Gasteiger partial charge in [-0.1, -0.05) is 45.5 Å². The number of aliphatic hydroxyl groups is 1. The molecule has 5 heteroatoms. The van der Waals surface area contributed by atoms with Crippen LogP contribution in [0.4, 0.5) is 5.82 Å². The van der Waals surface area contributed by atoms with Gasteiger partial charge in [-0.2, -0.15) is 0 Å². The third-order valence-electron chi connectivity index (χ3n) is 3.67. The molecule has 1 atom stereocenters. The lowest BCUT2D eigenvalue weighted by atomic mass is 9.87. The van der Waals surface area contributed by atoms with E-state index in [0.29, 0.717) is 0 Å². The second-order valence-corrected chi connectivity index (χ2v) is 7.42. The van der Waals surface area contributed by atoms with Crippen molar-refractivity contribution < 1.29 is 5.11 Å². The molecule has 0 saturated carbocycles. The number of nitrogens with zero attached hydrogens (tertiary/aromatic N) is 2. The van der Waals surface area contributed by atoms with Crippen LogP contribution in [0.1, 0.15) is 51.4 Å². The van der Waals surface area contributed by atoms with Gasteiger partial charge < -0.3 is 10.4 Å². The number of thioether (sulfide) groups is 1. The Labute approximate surface area is 142 Å². The fourth-order valence-electron chi connectivity index (χ4n) is 2.31. The number of anilines is 1. The minimum atomic E-state index is 0.0306. The van der Waals surface area contributed by atoms with Crippen LogP contribution in [-0.4, -0.2) is 21.0 Å². The Morgan fingerprint density at radius 3 is 2.70 bits per heavy atom. The zero-order valence-corrected chi connectivity index (χ0v) is 15.0. The van der Waals surface area contributed by atoms with Gasteiger partial charge in [-0.05, 0) is 41.7 Å². The Morgan fingerprint density at radius 2 is 2.04 bits per heavy atom. The van der Waals surface area contributed by atoms with Gasteiger partial charge in [-0.15, -0.1) is 0 Å². The lowest BCUT2D eigenvalue weighted by Crippen LogP contribution is -2.16. The highest BCUT2D eigenvalue weighted by molar-refractivity contribution is 7.99. The van der Waals surface area contributed by atoms with Crippen LogP contribution in [0.3, 0.4) is 0 Å². The average Bonchev–Trinajstić information content (AvgIpc) is 2.53. The molecule has 4 nitrogen and oxygen atoms in total. The molecule has 0 aromatic carbocycles. The quantitative estimate of drug-likeness (QED) is 0.608. The van der Waals surface area contributed by atoms with Crippen LogP contribution in [0.2, 0.25) is 0 Å². The van der Waals surface area contributed by atoms with Gasteiger partial charge in [0.1, 0.15) is 10.8 Å². The molecule has 0 spiro atoms. The molecule has 2 N–H and O–H groups in total. The molecule has 0 aliphatic rings. The van der Waals surface area contributed by atoms with E-state index in [2.05, 4.69) is 55.1 Å². The maximum Gasteiger partial charge on any atom is 0.127 e. The van der Waals surface area contributed by atoms with Crippen LogP contribution in [0.5, 0.6) is 0 Å². The predicted molar refractivity (Wildman–Crippen MR) is 96.8 cm³/mol. The number of aromatic nitrogens is 2. The fraction of sp³-hybridized carbons (Fsp3) is 0.444. The van der Waals surface area contributed by atoms with Gasteiger partial charge in [-0.3, -0.25) is 4.98 Å². The molecule has 124 valence electrons. The Hall–Kier alpha value is -1.59. The molecule has 2 aromatic rings. The van der Waals surface area contributed by atoms with Crippen LogP contribution < -0.4 is 5.32 Å². The van der Waals surface area contributed by atoms with Crippen molar-refractivity contribution in [2.24, 2.45) is 0 Å². The van der Waals surface area contributed by atoms with Crippen molar-refractivity contribution in [2.45, 2.75) is 50.6 Å². The lowest BCUT2D eigenvalue weighted by Gasteiger charge is -2.22. The molecule has 0 aliphatic heterocycles. The van der Waals surface area contributed by atoms with E-state index in [-0.39, 0.29) is 17.4 Å². The molecule has 2 heterocycles. The fourth-order valence-corrected chi connectivity index (χ4v) is 2.78. The van der Waals surface area contributed by atoms with Crippen molar-refractivity contribution in [3.63, 3.8) is 0 Å². The topological polar surface area (TPSA) is 58.0 Å². The lowest BCUT2D eigenvalue weighted by molar-refractivity contribution is 0.375. The highest BCUT2D eigenvalue weighted by atomic mass is 32.2. The van der Waals surface area contributed by atoms with E-state index >= 15 is 0 Å². The number of aliphatic hydroxyl groups excluding tert-OH is 1. The van der Waals surface area contributed by atoms with Gasteiger partial charge >= 0.3 is 0 Å². The second kappa shape index (κ2) is 7.79. The zero-order valence-electron chi connectivity index (χ0n) is 14.2. The summed E-state index contributed by atoms with van der Waals surface area (Å²) in [6.45, 7) is 8.75. The van der Waals surface area contributed by atoms with Crippen molar-refractivity contribution in [3.8, 4) is 0 Å². The summed E-state index contributed by atoms with van der Waals surface area (Å²) in [6.07, 6.45) is 2.80. The third-order valence-corrected chi connectivity index (χ3v) is 4.32. The summed E-state index contributed by atoms with van der Waals surface area (Å²) in [7, 11) is 0. The first-order valence-corrected chi connectivity index (χ1v) is 8.86. The Kier molecular flexibility index (Phi) is 6.02. The smallest absolute Gasteiger partial charge is 0.127 e. The average molecular weight is 331 g/mol. The Bertz CT molecular complexity index is 640. The van der Waals surface area contributed by atoms with E-state index in [0.717, 1.165) is 23.0 Å². The number of hydrogen-bond donors (Lipinski definition) is 2. The molecule has 0 aliphatic carbocycles. The SMILES string of the molecule is CCC(Nc1cccc(SCO)n1)c1cc(C(C)(C)C)ccn1. The van der Waals surface area contributed by atoms with E-state index in [4.69, 9.17) is 5.11 Å². The van der Waals surface area contributed by atoms with E-state index in [9.17, 15) is 0 Å². The van der Waals surface area contributed by atoms with Gasteiger partial charge in [0.05, 0.1) is 17.7 Å². The second-order valence-electron chi connectivity index (χ2n) is 6.46. The van der Waals surface area contributed by atoms with Crippen molar-refractivity contribution >= 4 is 17.6 Å². The van der Waals surface area contributed by atoms with E-state index in [1.807, 2.05) is 24.4 Å². The van der Waals surface area contributed by atoms with Gasteiger partial charge in [0, 0.05) is 6.20 Å². The van der Waals surface area contributed by atoms with Crippen LogP contribution in [0.15, 0.2) is 41.6 Å². The maximum absolute atomic E-state index is 9.02. The molecule has 2 rings (SSSR count). The molecule has 0 radical (unpaired) electrons. The monoisotopic (exact) mass is 331 g/mol. The maximum atomic E-state index is 9.02. The van der Waals surface area contributed by atoms with Gasteiger partial charge in [0.2, 0.25) is 0 Å². The number of rotatable bonds is 6. The molecule has 0 saturated heterocycles. The minimum Gasteiger partial charge on any atom is -0.385 e. The van der Waals surface area contributed by atoms with Gasteiger partial charge in [0.25, 0.3) is 0 Å². The van der Waals surface area contributed by atoms with Crippen LogP contribution >= 0.6 is 11.8 Å². The predicted octanol–water partition coefficient (Wildman–Crippen LogP) is 4.38.